The normalized spacial score (nSPS) is 12.4. The largest absolute Gasteiger partial charge is 0.313 e. The number of hydrogen-bond donors (Lipinski definition) is 1. The molecule has 0 amide bonds. The quantitative estimate of drug-likeness (QED) is 0.869. The van der Waals surface area contributed by atoms with Gasteiger partial charge in [0, 0.05) is 16.6 Å². The molecule has 20 heavy (non-hydrogen) atoms. The minimum Gasteiger partial charge on any atom is -0.313 e. The van der Waals surface area contributed by atoms with Crippen LogP contribution in [0, 0.1) is 17.5 Å². The minimum absolute atomic E-state index is 0.233. The Hall–Kier alpha value is -1.33. The van der Waals surface area contributed by atoms with E-state index in [1.165, 1.54) is 24.3 Å². The van der Waals surface area contributed by atoms with E-state index in [-0.39, 0.29) is 11.9 Å². The van der Waals surface area contributed by atoms with E-state index in [0.29, 0.717) is 22.0 Å². The van der Waals surface area contributed by atoms with Crippen molar-refractivity contribution in [3.63, 3.8) is 0 Å². The molecule has 2 aromatic rings. The van der Waals surface area contributed by atoms with Crippen molar-refractivity contribution in [1.82, 2.24) is 5.32 Å². The molecule has 0 bridgehead atoms. The van der Waals surface area contributed by atoms with Crippen molar-refractivity contribution in [3.05, 3.63) is 69.4 Å². The van der Waals surface area contributed by atoms with Gasteiger partial charge in [-0.2, -0.15) is 0 Å². The zero-order valence-electron chi connectivity index (χ0n) is 10.8. The molecule has 106 valence electrons. The Kier molecular flexibility index (Phi) is 4.83. The average molecular weight is 344 g/mol. The van der Waals surface area contributed by atoms with Crippen LogP contribution in [-0.2, 0) is 6.42 Å². The standard InChI is InChI=1S/C15H13BrF3N/c1-20-15(10-5-11(16)7-14(19)6-10)4-9-2-12(17)8-13(18)3-9/h2-3,5-8,15,20H,4H2,1H3. The van der Waals surface area contributed by atoms with Gasteiger partial charge >= 0.3 is 0 Å². The summed E-state index contributed by atoms with van der Waals surface area (Å²) in [5.74, 6) is -1.59. The van der Waals surface area contributed by atoms with Crippen molar-refractivity contribution in [2.24, 2.45) is 0 Å². The molecule has 0 saturated heterocycles. The summed E-state index contributed by atoms with van der Waals surface area (Å²) >= 11 is 3.23. The highest BCUT2D eigenvalue weighted by Gasteiger charge is 2.13. The smallest absolute Gasteiger partial charge is 0.126 e. The lowest BCUT2D eigenvalue weighted by molar-refractivity contribution is 0.557. The Balaban J connectivity index is 2.28. The number of benzene rings is 2. The fourth-order valence-corrected chi connectivity index (χ4v) is 2.61. The molecule has 0 aliphatic heterocycles. The van der Waals surface area contributed by atoms with Crippen LogP contribution in [0.5, 0.6) is 0 Å². The van der Waals surface area contributed by atoms with Crippen LogP contribution in [0.1, 0.15) is 17.2 Å². The number of rotatable bonds is 4. The molecule has 1 nitrogen and oxygen atoms in total. The lowest BCUT2D eigenvalue weighted by Crippen LogP contribution is -2.19. The summed E-state index contributed by atoms with van der Waals surface area (Å²) in [6.07, 6.45) is 0.362. The van der Waals surface area contributed by atoms with Crippen LogP contribution < -0.4 is 5.32 Å². The average Bonchev–Trinajstić information content (AvgIpc) is 2.33. The van der Waals surface area contributed by atoms with Crippen molar-refractivity contribution in [2.45, 2.75) is 12.5 Å². The molecule has 2 rings (SSSR count). The van der Waals surface area contributed by atoms with E-state index in [1.54, 1.807) is 13.1 Å². The zero-order valence-corrected chi connectivity index (χ0v) is 12.3. The first-order valence-corrected chi connectivity index (χ1v) is 6.85. The van der Waals surface area contributed by atoms with E-state index in [0.717, 1.165) is 6.07 Å². The first kappa shape index (κ1) is 15.1. The highest BCUT2D eigenvalue weighted by molar-refractivity contribution is 9.10. The molecular formula is C15H13BrF3N. The summed E-state index contributed by atoms with van der Waals surface area (Å²) in [4.78, 5) is 0. The van der Waals surface area contributed by atoms with Crippen LogP contribution in [-0.4, -0.2) is 7.05 Å². The van der Waals surface area contributed by atoms with Crippen molar-refractivity contribution >= 4 is 15.9 Å². The Labute approximate surface area is 123 Å². The van der Waals surface area contributed by atoms with E-state index < -0.39 is 11.6 Å². The molecule has 5 heteroatoms. The summed E-state index contributed by atoms with van der Waals surface area (Å²) in [6.45, 7) is 0. The topological polar surface area (TPSA) is 12.0 Å². The summed E-state index contributed by atoms with van der Waals surface area (Å²) < 4.78 is 40.4. The Morgan fingerprint density at radius 3 is 2.10 bits per heavy atom. The monoisotopic (exact) mass is 343 g/mol. The van der Waals surface area contributed by atoms with Crippen LogP contribution in [0.3, 0.4) is 0 Å². The molecule has 0 heterocycles. The molecule has 0 aromatic heterocycles. The van der Waals surface area contributed by atoms with Gasteiger partial charge in [0.15, 0.2) is 0 Å². The van der Waals surface area contributed by atoms with Crippen LogP contribution in [0.4, 0.5) is 13.2 Å². The number of likely N-dealkylation sites (N-methyl/N-ethyl adjacent to an activating group) is 1. The van der Waals surface area contributed by atoms with Crippen molar-refractivity contribution < 1.29 is 13.2 Å². The highest BCUT2D eigenvalue weighted by atomic mass is 79.9. The zero-order chi connectivity index (χ0) is 14.7. The van der Waals surface area contributed by atoms with Gasteiger partial charge in [-0.1, -0.05) is 15.9 Å². The molecule has 0 spiro atoms. The van der Waals surface area contributed by atoms with E-state index in [4.69, 9.17) is 0 Å². The Bertz CT molecular complexity index is 576. The first-order chi connectivity index (χ1) is 9.47. The maximum absolute atomic E-state index is 13.4. The predicted molar refractivity (Wildman–Crippen MR) is 76.0 cm³/mol. The molecule has 0 saturated carbocycles. The molecule has 0 fully saturated rings. The summed E-state index contributed by atoms with van der Waals surface area (Å²) in [5, 5.41) is 3.03. The van der Waals surface area contributed by atoms with Crippen LogP contribution in [0.25, 0.3) is 0 Å². The van der Waals surface area contributed by atoms with E-state index in [1.807, 2.05) is 0 Å². The third-order valence-electron chi connectivity index (χ3n) is 3.00. The summed E-state index contributed by atoms with van der Waals surface area (Å²) in [5.41, 5.74) is 1.23. The second kappa shape index (κ2) is 6.41. The van der Waals surface area contributed by atoms with E-state index in [9.17, 15) is 13.2 Å². The maximum atomic E-state index is 13.4. The predicted octanol–water partition coefficient (Wildman–Crippen LogP) is 4.37. The molecule has 0 aliphatic rings. The fraction of sp³-hybridized carbons (Fsp3) is 0.200. The van der Waals surface area contributed by atoms with Crippen molar-refractivity contribution in [1.29, 1.82) is 0 Å². The molecule has 0 aliphatic carbocycles. The third-order valence-corrected chi connectivity index (χ3v) is 3.46. The van der Waals surface area contributed by atoms with Gasteiger partial charge in [0.25, 0.3) is 0 Å². The first-order valence-electron chi connectivity index (χ1n) is 6.06. The molecule has 1 atom stereocenters. The molecule has 0 radical (unpaired) electrons. The summed E-state index contributed by atoms with van der Waals surface area (Å²) in [7, 11) is 1.72. The van der Waals surface area contributed by atoms with E-state index >= 15 is 0 Å². The lowest BCUT2D eigenvalue weighted by atomic mass is 9.99. The number of halogens is 4. The second-order valence-corrected chi connectivity index (χ2v) is 5.44. The molecular weight excluding hydrogens is 331 g/mol. The van der Waals surface area contributed by atoms with Gasteiger partial charge in [0.05, 0.1) is 0 Å². The molecule has 2 aromatic carbocycles. The third kappa shape index (κ3) is 3.84. The lowest BCUT2D eigenvalue weighted by Gasteiger charge is -2.17. The van der Waals surface area contributed by atoms with Gasteiger partial charge in [-0.3, -0.25) is 0 Å². The summed E-state index contributed by atoms with van der Waals surface area (Å²) in [6, 6.07) is 7.70. The van der Waals surface area contributed by atoms with Gasteiger partial charge < -0.3 is 5.32 Å². The van der Waals surface area contributed by atoms with Gasteiger partial charge in [-0.25, -0.2) is 13.2 Å². The molecule has 1 unspecified atom stereocenters. The Morgan fingerprint density at radius 1 is 0.950 bits per heavy atom. The Morgan fingerprint density at radius 2 is 1.55 bits per heavy atom. The fourth-order valence-electron chi connectivity index (χ4n) is 2.13. The van der Waals surface area contributed by atoms with Gasteiger partial charge in [0.1, 0.15) is 17.5 Å². The van der Waals surface area contributed by atoms with E-state index in [2.05, 4.69) is 21.2 Å². The highest BCUT2D eigenvalue weighted by Crippen LogP contribution is 2.23. The van der Waals surface area contributed by atoms with Crippen LogP contribution in [0.2, 0.25) is 0 Å². The minimum atomic E-state index is -0.615. The van der Waals surface area contributed by atoms with Crippen LogP contribution >= 0.6 is 15.9 Å². The maximum Gasteiger partial charge on any atom is 0.126 e. The van der Waals surface area contributed by atoms with Gasteiger partial charge in [-0.15, -0.1) is 0 Å². The SMILES string of the molecule is CNC(Cc1cc(F)cc(F)c1)c1cc(F)cc(Br)c1. The van der Waals surface area contributed by atoms with Gasteiger partial charge in [-0.05, 0) is 54.9 Å². The van der Waals surface area contributed by atoms with Gasteiger partial charge in [0.2, 0.25) is 0 Å². The number of nitrogens with one attached hydrogen (secondary N) is 1. The van der Waals surface area contributed by atoms with Crippen LogP contribution in [0.15, 0.2) is 40.9 Å². The second-order valence-electron chi connectivity index (χ2n) is 4.53. The molecule has 1 N–H and O–H groups in total. The van der Waals surface area contributed by atoms with Crippen molar-refractivity contribution in [3.8, 4) is 0 Å². The number of hydrogen-bond acceptors (Lipinski definition) is 1. The van der Waals surface area contributed by atoms with Crippen molar-refractivity contribution in [2.75, 3.05) is 7.05 Å².